The van der Waals surface area contributed by atoms with E-state index in [0.717, 1.165) is 191 Å². The first-order chi connectivity index (χ1) is 55.5. The number of hydrogen-bond donors (Lipinski definition) is 0. The van der Waals surface area contributed by atoms with Gasteiger partial charge in [0.15, 0.2) is 0 Å². The second kappa shape index (κ2) is 32.9. The Hall–Kier alpha value is -7.13. The van der Waals surface area contributed by atoms with Gasteiger partial charge in [0, 0.05) is 156 Å². The van der Waals surface area contributed by atoms with Gasteiger partial charge in [-0.3, -0.25) is 19.5 Å². The molecule has 6 aliphatic carbocycles. The highest BCUT2D eigenvalue weighted by molar-refractivity contribution is 6.31. The topological polar surface area (TPSA) is 76.2 Å². The molecule has 12 aliphatic rings. The molecule has 20 rings (SSSR count). The van der Waals surface area contributed by atoms with E-state index < -0.39 is 12.3 Å². The second-order valence-corrected chi connectivity index (χ2v) is 45.2. The number of alkyl halides is 2. The molecule has 10 heterocycles. The fraction of sp³-hybridized carbons (Fsp3) is 0.602. The van der Waals surface area contributed by atoms with Crippen LogP contribution in [0.1, 0.15) is 165 Å². The molecule has 0 amide bonds. The Balaban J connectivity index is 0.000000111. The van der Waals surface area contributed by atoms with E-state index in [2.05, 4.69) is 231 Å². The first kappa shape index (κ1) is 85.8. The molecule has 0 N–H and O–H groups in total. The lowest BCUT2D eigenvalue weighted by Crippen LogP contribution is -2.30. The highest BCUT2D eigenvalue weighted by atomic mass is 35.5. The van der Waals surface area contributed by atoms with Crippen LogP contribution < -0.4 is 19.6 Å². The zero-order valence-corrected chi connectivity index (χ0v) is 76.1. The van der Waals surface area contributed by atoms with E-state index in [9.17, 15) is 8.78 Å². The Morgan fingerprint density at radius 2 is 0.822 bits per heavy atom. The molecule has 0 radical (unpaired) electrons. The van der Waals surface area contributed by atoms with Crippen LogP contribution >= 0.6 is 11.6 Å². The number of hydrogen-bond acceptors (Lipinski definition) is 10. The zero-order chi connectivity index (χ0) is 84.4. The first-order valence-electron chi connectivity index (χ1n) is 44.9. The maximum absolute atomic E-state index is 15.0. The van der Waals surface area contributed by atoms with Crippen LogP contribution in [0.15, 0.2) is 163 Å². The molecular formula is C103H140ClF3N10O. The molecule has 11 nitrogen and oxygen atoms in total. The zero-order valence-electron chi connectivity index (χ0n) is 75.3. The summed E-state index contributed by atoms with van der Waals surface area (Å²) in [5.74, 6) is 17.7. The SMILES string of the molecule is CC(C)(C)C1C2CN(c3ccc(-c4ccco4)cc3)CC21.CC(C)(C)C1C2CN(c3cccc(F)c3)CC21.Cc1cc(N2CC3C(C2)C3C(C)(C)C)ccn1.Cc1ccc(C(F)CN2CC3C(C2)C3C(C)(C)C)cc1.Cc1ccc(N2CC3C(C2)C3C(C)(C)C)nc1.Cn1cc(-c2cc(Cl)cc(C(F)CN3CC4C(C3)C4C(C)(C)C)c2)cn1. The lowest BCUT2D eigenvalue weighted by atomic mass is 9.87. The van der Waals surface area contributed by atoms with Crippen molar-refractivity contribution in [1.29, 1.82) is 0 Å². The van der Waals surface area contributed by atoms with Gasteiger partial charge in [-0.15, -0.1) is 0 Å². The molecule has 0 bridgehead atoms. The molecule has 636 valence electrons. The van der Waals surface area contributed by atoms with Crippen LogP contribution in [0.3, 0.4) is 0 Å². The van der Waals surface area contributed by atoms with Crippen molar-refractivity contribution in [1.82, 2.24) is 29.5 Å². The summed E-state index contributed by atoms with van der Waals surface area (Å²) >= 11 is 6.26. The standard InChI is InChI=1S/C21H27ClFN3.C19H23NO.C18H26FN.C15H20FN.2C15H22N2/c1-21(2,3)20-17-10-26(11-18(17)20)12-19(23)14-5-13(6-16(22)7-14)15-8-24-25(4)9-15;1-19(2,3)18-15-11-20(12-16(15)18)14-8-6-13(7-9-14)17-5-4-10-21-17;1-12-5-7-13(8-6-12)16(19)11-20-9-14-15(10-20)17(14)18(2,3)4;1-15(2,3)14-12-8-17(9-13(12)14)11-6-4-5-10(16)7-11;1-10-7-11(5-6-16-10)17-8-12-13(9-17)14(12)15(2,3)4;1-10-5-6-13(16-7-10)17-8-11-12(9-17)14(11)15(2,3)4/h5-9,17-20H,10-12H2,1-4H3;4-10,15-16,18H,11-12H2,1-3H3;5-8,14-17H,9-11H2,1-4H3;4-7,12-14H,8-9H2,1-3H3;5-7,12-14H,8-9H2,1-4H3;5-7,11-12,14H,8-9H2,1-4H3. The minimum Gasteiger partial charge on any atom is -0.464 e. The van der Waals surface area contributed by atoms with E-state index in [0.29, 0.717) is 56.2 Å². The van der Waals surface area contributed by atoms with E-state index in [1.54, 1.807) is 35.3 Å². The van der Waals surface area contributed by atoms with Crippen LogP contribution in [-0.4, -0.2) is 121 Å². The van der Waals surface area contributed by atoms with Crippen molar-refractivity contribution in [3.63, 3.8) is 0 Å². The van der Waals surface area contributed by atoms with Gasteiger partial charge in [-0.05, 0) is 273 Å². The average Bonchev–Trinajstić information content (AvgIpc) is 1.59. The summed E-state index contributed by atoms with van der Waals surface area (Å²) in [5, 5.41) is 4.76. The van der Waals surface area contributed by atoms with Gasteiger partial charge in [0.25, 0.3) is 0 Å². The van der Waals surface area contributed by atoms with Crippen molar-refractivity contribution in [3.05, 3.63) is 197 Å². The number of anilines is 4. The summed E-state index contributed by atoms with van der Waals surface area (Å²) in [4.78, 5) is 23.3. The van der Waals surface area contributed by atoms with Crippen molar-refractivity contribution < 1.29 is 17.6 Å². The lowest BCUT2D eigenvalue weighted by molar-refractivity contribution is 0.178. The maximum atomic E-state index is 15.0. The van der Waals surface area contributed by atoms with Crippen molar-refractivity contribution in [2.45, 2.75) is 158 Å². The minimum absolute atomic E-state index is 0.129. The monoisotopic (exact) mass is 1630 g/mol. The third-order valence-electron chi connectivity index (χ3n) is 29.6. The molecule has 12 fully saturated rings. The third kappa shape index (κ3) is 19.5. The number of rotatable bonds is 12. The predicted octanol–water partition coefficient (Wildman–Crippen LogP) is 23.7. The van der Waals surface area contributed by atoms with E-state index >= 15 is 4.39 Å². The van der Waals surface area contributed by atoms with Gasteiger partial charge in [-0.25, -0.2) is 18.2 Å². The van der Waals surface area contributed by atoms with Gasteiger partial charge in [-0.1, -0.05) is 178 Å². The molecule has 14 atom stereocenters. The highest BCUT2D eigenvalue weighted by Crippen LogP contribution is 2.65. The van der Waals surface area contributed by atoms with E-state index in [4.69, 9.17) is 16.0 Å². The van der Waals surface area contributed by atoms with Gasteiger partial charge in [-0.2, -0.15) is 5.10 Å². The molecule has 118 heavy (non-hydrogen) atoms. The molecule has 6 aliphatic heterocycles. The summed E-state index contributed by atoms with van der Waals surface area (Å²) in [6, 6.07) is 41.8. The summed E-state index contributed by atoms with van der Waals surface area (Å²) < 4.78 is 49.7. The molecule has 15 heteroatoms. The van der Waals surface area contributed by atoms with Crippen molar-refractivity contribution in [2.75, 3.05) is 111 Å². The molecule has 6 saturated carbocycles. The molecule has 4 aromatic carbocycles. The number of fused-ring (bicyclic) bond motifs is 6. The fourth-order valence-corrected chi connectivity index (χ4v) is 24.7. The quantitative estimate of drug-likeness (QED) is 0.118. The van der Waals surface area contributed by atoms with E-state index in [-0.39, 0.29) is 5.82 Å². The van der Waals surface area contributed by atoms with Gasteiger partial charge < -0.3 is 24.0 Å². The maximum Gasteiger partial charge on any atom is 0.138 e. The molecular weight excluding hydrogens is 1490 g/mol. The van der Waals surface area contributed by atoms with E-state index in [1.807, 2.05) is 87.2 Å². The molecule has 0 spiro atoms. The summed E-state index contributed by atoms with van der Waals surface area (Å²) in [6.45, 7) is 63.5. The average molecular weight is 1630 g/mol. The normalized spacial score (nSPS) is 29.7. The fourth-order valence-electron chi connectivity index (χ4n) is 24.5. The summed E-state index contributed by atoms with van der Waals surface area (Å²) in [7, 11) is 1.87. The Kier molecular flexibility index (Phi) is 24.0. The summed E-state index contributed by atoms with van der Waals surface area (Å²) in [6.07, 6.45) is 7.46. The number of piperidine rings is 6. The van der Waals surface area contributed by atoms with Crippen LogP contribution in [0.5, 0.6) is 0 Å². The lowest BCUT2D eigenvalue weighted by Gasteiger charge is -2.27. The van der Waals surface area contributed by atoms with Crippen LogP contribution in [0.2, 0.25) is 5.02 Å². The van der Waals surface area contributed by atoms with Gasteiger partial charge in [0.2, 0.25) is 0 Å². The largest absolute Gasteiger partial charge is 0.464 e. The Morgan fingerprint density at radius 1 is 0.398 bits per heavy atom. The Bertz CT molecular complexity index is 4560. The van der Waals surface area contributed by atoms with Crippen LogP contribution in [0.4, 0.5) is 36.1 Å². The number of aromatic nitrogens is 4. The number of nitrogens with zero attached hydrogens (tertiary/aromatic N) is 10. The van der Waals surface area contributed by atoms with Gasteiger partial charge in [0.05, 0.1) is 12.5 Å². The van der Waals surface area contributed by atoms with Crippen LogP contribution in [0, 0.1) is 166 Å². The Morgan fingerprint density at radius 3 is 1.22 bits per heavy atom. The number of likely N-dealkylation sites (tertiary alicyclic amines) is 2. The number of pyridine rings is 2. The molecule has 14 unspecified atom stereocenters. The van der Waals surface area contributed by atoms with Crippen molar-refractivity contribution in [3.8, 4) is 22.5 Å². The minimum atomic E-state index is -1.02. The van der Waals surface area contributed by atoms with Crippen LogP contribution in [-0.2, 0) is 7.05 Å². The third-order valence-corrected chi connectivity index (χ3v) is 29.8. The first-order valence-corrected chi connectivity index (χ1v) is 45.2. The second-order valence-electron chi connectivity index (χ2n) is 44.7. The van der Waals surface area contributed by atoms with Crippen molar-refractivity contribution in [2.24, 2.45) is 146 Å². The number of halogens is 4. The van der Waals surface area contributed by atoms with E-state index in [1.165, 1.54) is 67.8 Å². The smallest absolute Gasteiger partial charge is 0.138 e. The summed E-state index contributed by atoms with van der Waals surface area (Å²) in [5.41, 5.74) is 14.5. The Labute approximate surface area is 712 Å². The molecule has 4 aromatic heterocycles. The van der Waals surface area contributed by atoms with Crippen LogP contribution in [0.25, 0.3) is 22.5 Å². The number of benzene rings is 4. The van der Waals surface area contributed by atoms with Gasteiger partial charge >= 0.3 is 0 Å². The predicted molar refractivity (Wildman–Crippen MR) is 482 cm³/mol. The van der Waals surface area contributed by atoms with Gasteiger partial charge in [0.1, 0.15) is 29.7 Å². The molecule has 8 aromatic rings. The number of furan rings is 1. The highest BCUT2D eigenvalue weighted by Gasteiger charge is 2.64. The number of aryl methyl sites for hydroxylation is 4. The molecule has 6 saturated heterocycles. The van der Waals surface area contributed by atoms with Crippen molar-refractivity contribution >= 4 is 34.5 Å².